The van der Waals surface area contributed by atoms with Gasteiger partial charge in [0.15, 0.2) is 5.13 Å². The minimum Gasteiger partial charge on any atom is -0.465 e. The van der Waals surface area contributed by atoms with Crippen molar-refractivity contribution in [1.82, 2.24) is 0 Å². The summed E-state index contributed by atoms with van der Waals surface area (Å²) in [5.41, 5.74) is 4.23. The van der Waals surface area contributed by atoms with Crippen LogP contribution >= 0.6 is 22.9 Å². The van der Waals surface area contributed by atoms with Gasteiger partial charge in [-0.2, -0.15) is 4.39 Å². The third kappa shape index (κ3) is 5.70. The fourth-order valence-electron chi connectivity index (χ4n) is 4.64. The van der Waals surface area contributed by atoms with Crippen LogP contribution in [0.3, 0.4) is 0 Å². The summed E-state index contributed by atoms with van der Waals surface area (Å²) in [5, 5.41) is 2.75. The summed E-state index contributed by atoms with van der Waals surface area (Å²) < 4.78 is 25.0. The number of carbonyl (C=O) groups excluding carboxylic acids is 2. The Balaban J connectivity index is 1.29. The fourth-order valence-corrected chi connectivity index (χ4v) is 5.77. The summed E-state index contributed by atoms with van der Waals surface area (Å²) in [4.78, 5) is 25.6. The van der Waals surface area contributed by atoms with Gasteiger partial charge < -0.3 is 9.47 Å². The highest BCUT2D eigenvalue weighted by atomic mass is 35.5. The molecule has 1 N–H and O–H groups in total. The van der Waals surface area contributed by atoms with Gasteiger partial charge in [0.1, 0.15) is 6.10 Å². The van der Waals surface area contributed by atoms with Crippen molar-refractivity contribution in [3.05, 3.63) is 100 Å². The zero-order valence-corrected chi connectivity index (χ0v) is 23.1. The molecule has 1 heterocycles. The lowest BCUT2D eigenvalue weighted by Crippen LogP contribution is -2.23. The highest BCUT2D eigenvalue weighted by molar-refractivity contribution is 7.14. The van der Waals surface area contributed by atoms with E-state index in [9.17, 15) is 14.0 Å². The second-order valence-corrected chi connectivity index (χ2v) is 10.9. The van der Waals surface area contributed by atoms with Gasteiger partial charge in [0.05, 0.1) is 22.6 Å². The van der Waals surface area contributed by atoms with Gasteiger partial charge in [-0.15, -0.1) is 11.3 Å². The van der Waals surface area contributed by atoms with Crippen LogP contribution < -0.4 is 5.32 Å². The van der Waals surface area contributed by atoms with Gasteiger partial charge in [0, 0.05) is 16.7 Å². The van der Waals surface area contributed by atoms with Gasteiger partial charge in [-0.1, -0.05) is 78.3 Å². The number of amides is 1. The van der Waals surface area contributed by atoms with Crippen molar-refractivity contribution in [2.75, 3.05) is 11.9 Å². The Kier molecular flexibility index (Phi) is 7.73. The van der Waals surface area contributed by atoms with Crippen LogP contribution in [0.4, 0.5) is 14.9 Å². The minimum absolute atomic E-state index is 0.156. The number of anilines is 1. The summed E-state index contributed by atoms with van der Waals surface area (Å²) >= 11 is 7.15. The number of thiophene rings is 1. The molecule has 0 aliphatic heterocycles. The summed E-state index contributed by atoms with van der Waals surface area (Å²) in [6.45, 7) is 3.92. The van der Waals surface area contributed by atoms with E-state index < -0.39 is 22.7 Å². The van der Waals surface area contributed by atoms with Gasteiger partial charge in [-0.25, -0.2) is 4.79 Å². The van der Waals surface area contributed by atoms with E-state index in [1.54, 1.807) is 25.1 Å². The van der Waals surface area contributed by atoms with Gasteiger partial charge in [-0.05, 0) is 55.0 Å². The van der Waals surface area contributed by atoms with E-state index in [1.165, 1.54) is 6.07 Å². The molecular weight excluding hydrogens is 537 g/mol. The molecule has 3 aromatic carbocycles. The van der Waals surface area contributed by atoms with Crippen molar-refractivity contribution >= 4 is 40.7 Å². The maximum Gasteiger partial charge on any atom is 0.412 e. The number of esters is 1. The molecule has 0 unspecified atom stereocenters. The molecule has 0 radical (unpaired) electrons. The molecule has 200 valence electrons. The zero-order chi connectivity index (χ0) is 27.6. The number of rotatable bonds is 8. The van der Waals surface area contributed by atoms with Crippen LogP contribution in [0.1, 0.15) is 43.9 Å². The first-order valence-electron chi connectivity index (χ1n) is 12.7. The summed E-state index contributed by atoms with van der Waals surface area (Å²) in [6, 6.07) is 24.0. The van der Waals surface area contributed by atoms with E-state index >= 15 is 0 Å². The topological polar surface area (TPSA) is 64.6 Å². The van der Waals surface area contributed by atoms with Crippen LogP contribution in [0.5, 0.6) is 0 Å². The van der Waals surface area contributed by atoms with Crippen LogP contribution in [0, 0.1) is 5.13 Å². The first-order chi connectivity index (χ1) is 18.8. The Morgan fingerprint density at radius 3 is 2.23 bits per heavy atom. The number of hydrogen-bond acceptors (Lipinski definition) is 5. The molecule has 1 saturated carbocycles. The number of hydrogen-bond donors (Lipinski definition) is 1. The fraction of sp³-hybridized carbons (Fsp3) is 0.226. The molecule has 5 rings (SSSR count). The molecule has 1 atom stereocenters. The normalized spacial score (nSPS) is 14.4. The monoisotopic (exact) mass is 563 g/mol. The third-order valence-electron chi connectivity index (χ3n) is 6.90. The molecule has 0 saturated heterocycles. The lowest BCUT2D eigenvalue weighted by molar-refractivity contribution is -0.146. The molecule has 1 amide bonds. The van der Waals surface area contributed by atoms with Crippen molar-refractivity contribution in [2.45, 2.75) is 38.2 Å². The number of halogens is 2. The van der Waals surface area contributed by atoms with E-state index in [0.29, 0.717) is 27.8 Å². The van der Waals surface area contributed by atoms with Crippen molar-refractivity contribution in [2.24, 2.45) is 0 Å². The van der Waals surface area contributed by atoms with Crippen LogP contribution in [-0.4, -0.2) is 18.7 Å². The summed E-state index contributed by atoms with van der Waals surface area (Å²) in [5.74, 6) is -0.156. The maximum atomic E-state index is 14.3. The lowest BCUT2D eigenvalue weighted by Gasteiger charge is -2.15. The first-order valence-corrected chi connectivity index (χ1v) is 13.9. The number of carbonyl (C=O) groups is 2. The Labute approximate surface area is 235 Å². The minimum atomic E-state index is -0.700. The number of ether oxygens (including phenoxy) is 2. The second-order valence-electron chi connectivity index (χ2n) is 9.44. The van der Waals surface area contributed by atoms with Crippen LogP contribution in [0.25, 0.3) is 21.6 Å². The van der Waals surface area contributed by atoms with Gasteiger partial charge in [0.25, 0.3) is 0 Å². The van der Waals surface area contributed by atoms with E-state index in [0.717, 1.165) is 46.4 Å². The van der Waals surface area contributed by atoms with E-state index in [1.807, 2.05) is 61.5 Å². The second kappa shape index (κ2) is 11.2. The third-order valence-corrected chi connectivity index (χ3v) is 8.22. The Bertz CT molecular complexity index is 1500. The average molecular weight is 564 g/mol. The maximum absolute atomic E-state index is 14.3. The lowest BCUT2D eigenvalue weighted by atomic mass is 9.93. The smallest absolute Gasteiger partial charge is 0.412 e. The van der Waals surface area contributed by atoms with Crippen LogP contribution in [-0.2, 0) is 19.7 Å². The van der Waals surface area contributed by atoms with Crippen LogP contribution in [0.15, 0.2) is 78.9 Å². The molecular formula is C31H27ClFNO4S. The van der Waals surface area contributed by atoms with E-state index in [4.69, 9.17) is 21.1 Å². The Morgan fingerprint density at radius 1 is 1.00 bits per heavy atom. The highest BCUT2D eigenvalue weighted by Gasteiger charge is 2.52. The molecule has 5 nitrogen and oxygen atoms in total. The molecule has 1 fully saturated rings. The highest BCUT2D eigenvalue weighted by Crippen LogP contribution is 2.49. The largest absolute Gasteiger partial charge is 0.465 e. The summed E-state index contributed by atoms with van der Waals surface area (Å²) in [7, 11) is 0. The molecule has 4 aromatic rings. The van der Waals surface area contributed by atoms with Crippen molar-refractivity contribution in [3.8, 4) is 21.6 Å². The molecule has 39 heavy (non-hydrogen) atoms. The first kappa shape index (κ1) is 26.9. The van der Waals surface area contributed by atoms with Crippen molar-refractivity contribution in [3.63, 3.8) is 0 Å². The number of benzene rings is 3. The SMILES string of the molecule is CCOC(=O)C1(c2ccc(-c3ccc(-c4sc(F)cc4NC(=O)O[C@H](C)c4ccccc4Cl)cc3)cc2)CC1. The number of nitrogens with one attached hydrogen (secondary N) is 1. The molecule has 0 spiro atoms. The van der Waals surface area contributed by atoms with Crippen molar-refractivity contribution in [1.29, 1.82) is 0 Å². The van der Waals surface area contributed by atoms with Gasteiger partial charge in [-0.3, -0.25) is 10.1 Å². The molecule has 1 aliphatic carbocycles. The Hall–Kier alpha value is -3.68. The van der Waals surface area contributed by atoms with Gasteiger partial charge in [0.2, 0.25) is 0 Å². The predicted molar refractivity (Wildman–Crippen MR) is 153 cm³/mol. The van der Waals surface area contributed by atoms with Gasteiger partial charge >= 0.3 is 12.1 Å². The summed E-state index contributed by atoms with van der Waals surface area (Å²) in [6.07, 6.45) is 0.331. The molecule has 0 bridgehead atoms. The molecule has 1 aliphatic rings. The Morgan fingerprint density at radius 2 is 1.62 bits per heavy atom. The standard InChI is InChI=1S/C31H27ClFNO4S/c1-3-37-29(35)31(16-17-31)23-14-12-21(13-15-23)20-8-10-22(11-9-20)28-26(18-27(33)39-28)34-30(36)38-19(2)24-6-4-5-7-25(24)32/h4-15,18-19H,3,16-17H2,1-2H3,(H,34,36)/t19-/m1/s1. The quantitative estimate of drug-likeness (QED) is 0.218. The van der Waals surface area contributed by atoms with Crippen molar-refractivity contribution < 1.29 is 23.5 Å². The predicted octanol–water partition coefficient (Wildman–Crippen LogP) is 8.78. The molecule has 8 heteroatoms. The zero-order valence-electron chi connectivity index (χ0n) is 21.5. The average Bonchev–Trinajstić information content (AvgIpc) is 3.67. The molecule has 1 aromatic heterocycles. The van der Waals surface area contributed by atoms with E-state index in [-0.39, 0.29) is 5.97 Å². The van der Waals surface area contributed by atoms with E-state index in [2.05, 4.69) is 5.32 Å². The van der Waals surface area contributed by atoms with Crippen LogP contribution in [0.2, 0.25) is 5.02 Å².